The van der Waals surface area contributed by atoms with Gasteiger partial charge in [-0.1, -0.05) is 6.07 Å². The van der Waals surface area contributed by atoms with Crippen LogP contribution in [0.1, 0.15) is 30.4 Å². The summed E-state index contributed by atoms with van der Waals surface area (Å²) in [4.78, 5) is 14.9. The first-order chi connectivity index (χ1) is 10.9. The van der Waals surface area contributed by atoms with E-state index < -0.39 is 17.1 Å². The molecule has 5 heteroatoms. The summed E-state index contributed by atoms with van der Waals surface area (Å²) in [6.07, 6.45) is 1.91. The van der Waals surface area contributed by atoms with Crippen LogP contribution in [0, 0.1) is 5.41 Å². The first-order valence-corrected chi connectivity index (χ1v) is 8.40. The van der Waals surface area contributed by atoms with Crippen molar-refractivity contribution in [1.29, 1.82) is 0 Å². The van der Waals surface area contributed by atoms with Crippen LogP contribution in [0.25, 0.3) is 0 Å². The summed E-state index contributed by atoms with van der Waals surface area (Å²) in [5.74, 6) is 0.600. The van der Waals surface area contributed by atoms with Crippen molar-refractivity contribution in [2.75, 3.05) is 13.6 Å². The van der Waals surface area contributed by atoms with Crippen LogP contribution in [0.4, 0.5) is 0 Å². The fourth-order valence-electron chi connectivity index (χ4n) is 7.09. The smallest absolute Gasteiger partial charge is 0.174 e. The van der Waals surface area contributed by atoms with Crippen LogP contribution in [0.5, 0.6) is 11.5 Å². The highest BCUT2D eigenvalue weighted by Crippen LogP contribution is 2.74. The van der Waals surface area contributed by atoms with Gasteiger partial charge in [0.2, 0.25) is 0 Å². The number of Topliss-reactive ketones (excluding diaryl/α,β-unsaturated/α-hetero) is 1. The summed E-state index contributed by atoms with van der Waals surface area (Å²) >= 11 is 0. The summed E-state index contributed by atoms with van der Waals surface area (Å²) in [5, 5.41) is 22.1. The third kappa shape index (κ3) is 1.02. The van der Waals surface area contributed by atoms with E-state index in [1.165, 1.54) is 0 Å². The number of fused-ring (bicyclic) bond motifs is 1. The summed E-state index contributed by atoms with van der Waals surface area (Å²) in [6.45, 7) is 0.957. The molecule has 2 bridgehead atoms. The molecule has 2 N–H and O–H groups in total. The molecule has 5 unspecified atom stereocenters. The molecule has 6 rings (SSSR count). The quantitative estimate of drug-likeness (QED) is 0.739. The van der Waals surface area contributed by atoms with Crippen molar-refractivity contribution < 1.29 is 19.7 Å². The van der Waals surface area contributed by atoms with E-state index in [0.29, 0.717) is 18.6 Å². The number of ether oxygens (including phenoxy) is 1. The first-order valence-electron chi connectivity index (χ1n) is 8.40. The fraction of sp³-hybridized carbons (Fsp3) is 0.611. The third-order valence-corrected chi connectivity index (χ3v) is 7.38. The molecule has 2 heterocycles. The second-order valence-electron chi connectivity index (χ2n) is 8.34. The molecule has 1 aromatic carbocycles. The highest BCUT2D eigenvalue weighted by molar-refractivity contribution is 5.90. The number of hydrogen-bond acceptors (Lipinski definition) is 5. The number of phenolic OH excluding ortho intramolecular Hbond substituents is 1. The summed E-state index contributed by atoms with van der Waals surface area (Å²) in [7, 11) is 2.06. The van der Waals surface area contributed by atoms with Gasteiger partial charge in [0.1, 0.15) is 0 Å². The number of carbonyl (C=O) groups excluding carboxylic acids is 1. The lowest BCUT2D eigenvalue weighted by Crippen LogP contribution is -2.71. The minimum absolute atomic E-state index is 0.0430. The minimum Gasteiger partial charge on any atom is -0.504 e. The molecule has 0 aromatic heterocycles. The number of nitrogens with zero attached hydrogens (tertiary/aromatic N) is 1. The number of aliphatic hydroxyl groups is 1. The van der Waals surface area contributed by atoms with Crippen molar-refractivity contribution in [2.24, 2.45) is 5.41 Å². The number of rotatable bonds is 0. The van der Waals surface area contributed by atoms with E-state index in [2.05, 4.69) is 11.9 Å². The summed E-state index contributed by atoms with van der Waals surface area (Å²) in [5.41, 5.74) is 0.505. The van der Waals surface area contributed by atoms with Crippen LogP contribution in [-0.4, -0.2) is 52.2 Å². The maximum absolute atomic E-state index is 12.6. The molecular formula is C18H19NO4. The Kier molecular flexibility index (Phi) is 1.82. The van der Waals surface area contributed by atoms with Crippen LogP contribution >= 0.6 is 0 Å². The molecule has 1 aromatic rings. The maximum Gasteiger partial charge on any atom is 0.174 e. The SMILES string of the molecule is CN1CC23Cc4ccc(O)c5c4C4(C2)C(O5)C(=O)CCC4(O)C13. The molecule has 5 nitrogen and oxygen atoms in total. The van der Waals surface area contributed by atoms with E-state index in [9.17, 15) is 15.0 Å². The van der Waals surface area contributed by atoms with Crippen LogP contribution in [0.2, 0.25) is 0 Å². The van der Waals surface area contributed by atoms with Crippen LogP contribution in [0.15, 0.2) is 12.1 Å². The summed E-state index contributed by atoms with van der Waals surface area (Å²) in [6, 6.07) is 3.71. The van der Waals surface area contributed by atoms with Gasteiger partial charge in [-0.3, -0.25) is 9.69 Å². The molecule has 120 valence electrons. The number of benzene rings is 1. The second kappa shape index (κ2) is 3.28. The molecule has 0 radical (unpaired) electrons. The van der Waals surface area contributed by atoms with Gasteiger partial charge in [-0.2, -0.15) is 0 Å². The van der Waals surface area contributed by atoms with E-state index in [1.54, 1.807) is 6.07 Å². The van der Waals surface area contributed by atoms with Crippen LogP contribution in [-0.2, 0) is 16.6 Å². The topological polar surface area (TPSA) is 70.0 Å². The predicted octanol–water partition coefficient (Wildman–Crippen LogP) is 0.745. The van der Waals surface area contributed by atoms with Gasteiger partial charge in [0, 0.05) is 30.0 Å². The third-order valence-electron chi connectivity index (χ3n) is 7.38. The highest BCUT2D eigenvalue weighted by Gasteiger charge is 2.82. The molecule has 0 amide bonds. The van der Waals surface area contributed by atoms with E-state index in [1.807, 2.05) is 6.07 Å². The molecule has 5 aliphatic rings. The van der Waals surface area contributed by atoms with Crippen LogP contribution in [0.3, 0.4) is 0 Å². The average Bonchev–Trinajstić information content (AvgIpc) is 2.91. The summed E-state index contributed by atoms with van der Waals surface area (Å²) < 4.78 is 6.01. The van der Waals surface area contributed by atoms with Crippen molar-refractivity contribution in [3.05, 3.63) is 23.3 Å². The fourth-order valence-corrected chi connectivity index (χ4v) is 7.09. The zero-order chi connectivity index (χ0) is 15.8. The van der Waals surface area contributed by atoms with Crippen molar-refractivity contribution in [2.45, 2.75) is 48.8 Å². The van der Waals surface area contributed by atoms with E-state index in [-0.39, 0.29) is 23.0 Å². The number of carbonyl (C=O) groups is 1. The van der Waals surface area contributed by atoms with Gasteiger partial charge in [-0.25, -0.2) is 0 Å². The Morgan fingerprint density at radius 1 is 1.39 bits per heavy atom. The number of hydrogen-bond donors (Lipinski definition) is 2. The highest BCUT2D eigenvalue weighted by atomic mass is 16.5. The molecule has 3 fully saturated rings. The molecule has 2 spiro atoms. The number of ketones is 1. The van der Waals surface area contributed by atoms with E-state index in [0.717, 1.165) is 30.5 Å². The molecular weight excluding hydrogens is 294 g/mol. The number of phenols is 1. The normalized spacial score (nSPS) is 48.5. The minimum atomic E-state index is -0.942. The Balaban J connectivity index is 1.74. The van der Waals surface area contributed by atoms with Crippen molar-refractivity contribution in [3.63, 3.8) is 0 Å². The van der Waals surface area contributed by atoms with Gasteiger partial charge >= 0.3 is 0 Å². The zero-order valence-corrected chi connectivity index (χ0v) is 13.0. The van der Waals surface area contributed by atoms with E-state index >= 15 is 0 Å². The molecule has 23 heavy (non-hydrogen) atoms. The second-order valence-corrected chi connectivity index (χ2v) is 8.34. The van der Waals surface area contributed by atoms with Gasteiger partial charge in [0.05, 0.1) is 11.0 Å². The standard InChI is InChI=1S/C18H19NO4/c1-19-8-16-6-9-2-3-10(20)13-12(9)17(7-16)14(23-13)11(21)4-5-18(17,22)15(16)19/h2-3,14-15,20,22H,4-8H2,1H3. The van der Waals surface area contributed by atoms with Gasteiger partial charge in [0.25, 0.3) is 0 Å². The number of likely N-dealkylation sites (N-methyl/N-ethyl adjacent to an activating group) is 1. The van der Waals surface area contributed by atoms with E-state index in [4.69, 9.17) is 4.74 Å². The Labute approximate surface area is 133 Å². The Morgan fingerprint density at radius 3 is 3.00 bits per heavy atom. The largest absolute Gasteiger partial charge is 0.504 e. The molecule has 3 aliphatic carbocycles. The molecule has 5 atom stereocenters. The van der Waals surface area contributed by atoms with Crippen molar-refractivity contribution >= 4 is 5.78 Å². The number of aromatic hydroxyl groups is 1. The molecule has 1 saturated heterocycles. The Bertz CT molecular complexity index is 806. The first kappa shape index (κ1) is 12.8. The van der Waals surface area contributed by atoms with Crippen molar-refractivity contribution in [3.8, 4) is 11.5 Å². The Hall–Kier alpha value is -1.59. The lowest BCUT2D eigenvalue weighted by molar-refractivity contribution is -0.165. The van der Waals surface area contributed by atoms with Gasteiger partial charge in [0.15, 0.2) is 23.4 Å². The number of likely N-dealkylation sites (tertiary alicyclic amines) is 1. The molecule has 2 aliphatic heterocycles. The van der Waals surface area contributed by atoms with Gasteiger partial charge in [-0.15, -0.1) is 0 Å². The average molecular weight is 313 g/mol. The predicted molar refractivity (Wildman–Crippen MR) is 80.6 cm³/mol. The lowest BCUT2D eigenvalue weighted by Gasteiger charge is -2.57. The zero-order valence-electron chi connectivity index (χ0n) is 13.0. The van der Waals surface area contributed by atoms with Gasteiger partial charge in [-0.05, 0) is 37.9 Å². The van der Waals surface area contributed by atoms with Crippen molar-refractivity contribution in [1.82, 2.24) is 4.90 Å². The maximum atomic E-state index is 12.6. The van der Waals surface area contributed by atoms with Gasteiger partial charge < -0.3 is 14.9 Å². The Morgan fingerprint density at radius 2 is 2.22 bits per heavy atom. The van der Waals surface area contributed by atoms with Crippen LogP contribution < -0.4 is 4.74 Å². The lowest BCUT2D eigenvalue weighted by atomic mass is 9.57. The monoisotopic (exact) mass is 313 g/mol. The molecule has 2 saturated carbocycles.